The van der Waals surface area contributed by atoms with E-state index in [0.29, 0.717) is 5.92 Å². The van der Waals surface area contributed by atoms with Crippen molar-refractivity contribution >= 4 is 5.97 Å². The zero-order valence-electron chi connectivity index (χ0n) is 14.8. The van der Waals surface area contributed by atoms with Crippen molar-refractivity contribution in [1.29, 1.82) is 0 Å². The predicted octanol–water partition coefficient (Wildman–Crippen LogP) is 2.68. The lowest BCUT2D eigenvalue weighted by molar-refractivity contribution is -0.907. The average molecular weight is 318 g/mol. The Morgan fingerprint density at radius 3 is 2.65 bits per heavy atom. The van der Waals surface area contributed by atoms with Crippen molar-refractivity contribution in [2.75, 3.05) is 19.6 Å². The highest BCUT2D eigenvalue weighted by Gasteiger charge is 2.45. The second-order valence-electron chi connectivity index (χ2n) is 7.83. The van der Waals surface area contributed by atoms with Crippen LogP contribution in [-0.4, -0.2) is 31.7 Å². The molecule has 3 aliphatic rings. The zero-order chi connectivity index (χ0) is 16.2. The summed E-state index contributed by atoms with van der Waals surface area (Å²) in [4.78, 5) is 14.1. The fourth-order valence-corrected chi connectivity index (χ4v) is 4.42. The normalized spacial score (nSPS) is 38.0. The summed E-state index contributed by atoms with van der Waals surface area (Å²) in [5.41, 5.74) is 2.85. The molecule has 3 nitrogen and oxygen atoms in total. The van der Waals surface area contributed by atoms with Crippen molar-refractivity contribution in [3.05, 3.63) is 23.3 Å². The summed E-state index contributed by atoms with van der Waals surface area (Å²) >= 11 is 0. The van der Waals surface area contributed by atoms with Crippen LogP contribution in [0.2, 0.25) is 0 Å². The number of hydrogen-bond acceptors (Lipinski definition) is 2. The van der Waals surface area contributed by atoms with E-state index < -0.39 is 0 Å². The van der Waals surface area contributed by atoms with Crippen LogP contribution >= 0.6 is 0 Å². The van der Waals surface area contributed by atoms with Gasteiger partial charge in [-0.05, 0) is 64.9 Å². The van der Waals surface area contributed by atoms with Crippen LogP contribution < -0.4 is 4.90 Å². The summed E-state index contributed by atoms with van der Waals surface area (Å²) in [6.07, 6.45) is 13.0. The third-order valence-corrected chi connectivity index (χ3v) is 5.92. The number of likely N-dealkylation sites (tertiary alicyclic amines) is 1. The maximum absolute atomic E-state index is 12.5. The average Bonchev–Trinajstić information content (AvgIpc) is 2.82. The molecule has 0 aromatic rings. The van der Waals surface area contributed by atoms with Crippen LogP contribution in [0.5, 0.6) is 0 Å². The van der Waals surface area contributed by atoms with Crippen LogP contribution in [-0.2, 0) is 9.53 Å². The van der Waals surface area contributed by atoms with Crippen LogP contribution in [0.3, 0.4) is 0 Å². The van der Waals surface area contributed by atoms with Gasteiger partial charge < -0.3 is 9.64 Å². The molecule has 2 heterocycles. The highest BCUT2D eigenvalue weighted by atomic mass is 16.6. The Labute approximate surface area is 140 Å². The van der Waals surface area contributed by atoms with E-state index in [0.717, 1.165) is 32.2 Å². The highest BCUT2D eigenvalue weighted by molar-refractivity contribution is 5.75. The van der Waals surface area contributed by atoms with E-state index in [1.807, 2.05) is 0 Å². The largest absolute Gasteiger partial charge is 0.457 e. The molecule has 0 unspecified atom stereocenters. The van der Waals surface area contributed by atoms with Gasteiger partial charge in [-0.2, -0.15) is 0 Å². The van der Waals surface area contributed by atoms with Gasteiger partial charge in [-0.25, -0.2) is 0 Å². The van der Waals surface area contributed by atoms with E-state index in [4.69, 9.17) is 4.74 Å². The number of piperidine rings is 1. The molecule has 3 rings (SSSR count). The maximum Gasteiger partial charge on any atom is 0.315 e. The molecule has 2 fully saturated rings. The molecule has 23 heavy (non-hydrogen) atoms. The molecule has 3 atom stereocenters. The number of hydrogen-bond donors (Lipinski definition) is 1. The number of allylic oxidation sites excluding steroid dienone is 3. The van der Waals surface area contributed by atoms with Gasteiger partial charge in [0.25, 0.3) is 0 Å². The lowest BCUT2D eigenvalue weighted by atomic mass is 9.84. The Kier molecular flexibility index (Phi) is 5.58. The van der Waals surface area contributed by atoms with Gasteiger partial charge >= 0.3 is 5.97 Å². The summed E-state index contributed by atoms with van der Waals surface area (Å²) in [7, 11) is 0. The number of rotatable bonds is 2. The van der Waals surface area contributed by atoms with Crippen molar-refractivity contribution in [3.63, 3.8) is 0 Å². The monoisotopic (exact) mass is 318 g/mol. The molecule has 0 aromatic heterocycles. The topological polar surface area (TPSA) is 30.7 Å². The zero-order valence-corrected chi connectivity index (χ0v) is 14.8. The molecule has 3 heteroatoms. The van der Waals surface area contributed by atoms with Crippen LogP contribution in [0.15, 0.2) is 23.3 Å². The van der Waals surface area contributed by atoms with Gasteiger partial charge in [0.1, 0.15) is 12.0 Å². The Balaban J connectivity index is 1.73. The minimum absolute atomic E-state index is 0.0171. The quantitative estimate of drug-likeness (QED) is 0.627. The molecule has 128 valence electrons. The molecule has 0 saturated carbocycles. The van der Waals surface area contributed by atoms with Crippen LogP contribution in [0.4, 0.5) is 0 Å². The van der Waals surface area contributed by atoms with Gasteiger partial charge in [0, 0.05) is 5.92 Å². The number of carbonyl (C=O) groups excluding carboxylic acids is 1. The van der Waals surface area contributed by atoms with E-state index in [1.54, 1.807) is 4.90 Å². The van der Waals surface area contributed by atoms with E-state index in [-0.39, 0.29) is 18.0 Å². The maximum atomic E-state index is 12.5. The fraction of sp³-hybridized carbons (Fsp3) is 0.750. The van der Waals surface area contributed by atoms with E-state index in [1.165, 1.54) is 43.5 Å². The predicted molar refractivity (Wildman–Crippen MR) is 92.3 cm³/mol. The number of fused-ring (bicyclic) bond motifs is 1. The van der Waals surface area contributed by atoms with Gasteiger partial charge in [-0.1, -0.05) is 17.2 Å². The summed E-state index contributed by atoms with van der Waals surface area (Å²) in [5, 5.41) is 0. The van der Waals surface area contributed by atoms with Gasteiger partial charge in [-0.15, -0.1) is 0 Å². The SMILES string of the molecule is C/C1=C/CC[C@@H]2[C@H](/C=C(\C)CC1)OC(=O)[C@@H]2C[NH+]1CCCCC1. The first-order valence-electron chi connectivity index (χ1n) is 9.50. The van der Waals surface area contributed by atoms with Gasteiger partial charge in [0.2, 0.25) is 0 Å². The molecule has 0 aromatic carbocycles. The lowest BCUT2D eigenvalue weighted by Crippen LogP contribution is -3.13. The molecular weight excluding hydrogens is 286 g/mol. The molecule has 1 aliphatic carbocycles. The number of nitrogens with one attached hydrogen (secondary N) is 1. The van der Waals surface area contributed by atoms with Crippen molar-refractivity contribution in [2.45, 2.75) is 64.9 Å². The Hall–Kier alpha value is -1.09. The van der Waals surface area contributed by atoms with Gasteiger partial charge in [0.15, 0.2) is 0 Å². The first kappa shape index (κ1) is 16.8. The second-order valence-corrected chi connectivity index (χ2v) is 7.83. The molecule has 0 radical (unpaired) electrons. The van der Waals surface area contributed by atoms with Gasteiger partial charge in [-0.3, -0.25) is 4.79 Å². The smallest absolute Gasteiger partial charge is 0.315 e. The molecular formula is C20H32NO2+. The molecule has 0 bridgehead atoms. The third kappa shape index (κ3) is 4.26. The first-order valence-corrected chi connectivity index (χ1v) is 9.50. The number of esters is 1. The van der Waals surface area contributed by atoms with Crippen molar-refractivity contribution < 1.29 is 14.4 Å². The number of ether oxygens (including phenoxy) is 1. The fourth-order valence-electron chi connectivity index (χ4n) is 4.42. The highest BCUT2D eigenvalue weighted by Crippen LogP contribution is 2.34. The van der Waals surface area contributed by atoms with Crippen LogP contribution in [0.1, 0.15) is 58.8 Å². The molecule has 0 spiro atoms. The van der Waals surface area contributed by atoms with Crippen LogP contribution in [0.25, 0.3) is 0 Å². The van der Waals surface area contributed by atoms with Crippen LogP contribution in [0, 0.1) is 11.8 Å². The standard InChI is InChI=1S/C20H31NO2/c1-15-7-6-8-17-18(14-21-11-4-3-5-12-21)20(22)23-19(17)13-16(2)10-9-15/h7,13,17-19H,3-6,8-12,14H2,1-2H3/p+1/b15-7-,16-13+/t17-,18+,19-/m0/s1. The molecule has 0 amide bonds. The first-order chi connectivity index (χ1) is 11.1. The lowest BCUT2D eigenvalue weighted by Gasteiger charge is -2.27. The summed E-state index contributed by atoms with van der Waals surface area (Å²) < 4.78 is 5.80. The Morgan fingerprint density at radius 1 is 1.13 bits per heavy atom. The summed E-state index contributed by atoms with van der Waals surface area (Å²) in [5.74, 6) is 0.529. The van der Waals surface area contributed by atoms with E-state index in [9.17, 15) is 4.79 Å². The Morgan fingerprint density at radius 2 is 1.87 bits per heavy atom. The minimum atomic E-state index is 0.0171. The summed E-state index contributed by atoms with van der Waals surface area (Å²) in [6, 6.07) is 0. The number of carbonyl (C=O) groups is 1. The molecule has 2 aliphatic heterocycles. The Bertz CT molecular complexity index is 488. The van der Waals surface area contributed by atoms with E-state index in [2.05, 4.69) is 26.0 Å². The summed E-state index contributed by atoms with van der Waals surface area (Å²) in [6.45, 7) is 7.86. The molecule has 1 N–H and O–H groups in total. The number of quaternary nitrogens is 1. The second kappa shape index (κ2) is 7.65. The van der Waals surface area contributed by atoms with Crippen molar-refractivity contribution in [1.82, 2.24) is 0 Å². The van der Waals surface area contributed by atoms with Gasteiger partial charge in [0.05, 0.1) is 19.6 Å². The third-order valence-electron chi connectivity index (χ3n) is 5.92. The van der Waals surface area contributed by atoms with Crippen molar-refractivity contribution in [2.24, 2.45) is 11.8 Å². The van der Waals surface area contributed by atoms with E-state index >= 15 is 0 Å². The molecule has 2 saturated heterocycles. The minimum Gasteiger partial charge on any atom is -0.457 e. The van der Waals surface area contributed by atoms with Crippen molar-refractivity contribution in [3.8, 4) is 0 Å².